The van der Waals surface area contributed by atoms with Crippen LogP contribution in [-0.4, -0.2) is 15.6 Å². The Hall–Kier alpha value is -0.830. The Balaban J connectivity index is 1.71. The standard InChI is InChI=1S/C14H23N3/c1-10-6-12(10)8-17-9-15-7-14(17)13-5-3-4-11(2)16-13/h7,9-13,16H,3-6,8H2,1-2H3. The maximum Gasteiger partial charge on any atom is 0.0948 e. The van der Waals surface area contributed by atoms with Crippen LogP contribution in [0.4, 0.5) is 0 Å². The molecule has 0 spiro atoms. The summed E-state index contributed by atoms with van der Waals surface area (Å²) in [6.45, 7) is 5.81. The van der Waals surface area contributed by atoms with Gasteiger partial charge in [-0.25, -0.2) is 4.98 Å². The fourth-order valence-corrected chi connectivity index (χ4v) is 3.05. The summed E-state index contributed by atoms with van der Waals surface area (Å²) in [7, 11) is 0. The van der Waals surface area contributed by atoms with E-state index >= 15 is 0 Å². The third-order valence-electron chi connectivity index (χ3n) is 4.42. The largest absolute Gasteiger partial charge is 0.333 e. The maximum absolute atomic E-state index is 4.35. The summed E-state index contributed by atoms with van der Waals surface area (Å²) >= 11 is 0. The SMILES string of the molecule is CC1CCCC(c2cncn2CC2CC2C)N1. The molecule has 3 rings (SSSR count). The molecule has 0 bridgehead atoms. The Bertz CT molecular complexity index is 385. The molecule has 94 valence electrons. The maximum atomic E-state index is 4.35. The Morgan fingerprint density at radius 2 is 2.24 bits per heavy atom. The van der Waals surface area contributed by atoms with Gasteiger partial charge in [0.25, 0.3) is 0 Å². The van der Waals surface area contributed by atoms with Crippen molar-refractivity contribution in [1.29, 1.82) is 0 Å². The van der Waals surface area contributed by atoms with Crippen LogP contribution in [0.5, 0.6) is 0 Å². The van der Waals surface area contributed by atoms with Gasteiger partial charge in [0.15, 0.2) is 0 Å². The number of aromatic nitrogens is 2. The van der Waals surface area contributed by atoms with Crippen molar-refractivity contribution in [3.63, 3.8) is 0 Å². The van der Waals surface area contributed by atoms with Gasteiger partial charge < -0.3 is 9.88 Å². The zero-order valence-corrected chi connectivity index (χ0v) is 10.9. The number of piperidine rings is 1. The summed E-state index contributed by atoms with van der Waals surface area (Å²) in [6.07, 6.45) is 9.38. The van der Waals surface area contributed by atoms with E-state index in [0.717, 1.165) is 11.8 Å². The van der Waals surface area contributed by atoms with E-state index in [4.69, 9.17) is 0 Å². The van der Waals surface area contributed by atoms with Gasteiger partial charge in [0.05, 0.1) is 12.0 Å². The molecule has 1 aromatic heterocycles. The predicted octanol–water partition coefficient (Wildman–Crippen LogP) is 2.74. The van der Waals surface area contributed by atoms with Crippen LogP contribution < -0.4 is 5.32 Å². The zero-order valence-electron chi connectivity index (χ0n) is 10.9. The molecule has 0 radical (unpaired) electrons. The number of hydrogen-bond donors (Lipinski definition) is 1. The molecule has 2 aliphatic rings. The third kappa shape index (κ3) is 2.39. The molecule has 1 aliphatic carbocycles. The first-order valence-electron chi connectivity index (χ1n) is 7.00. The van der Waals surface area contributed by atoms with E-state index in [1.165, 1.54) is 37.9 Å². The molecule has 17 heavy (non-hydrogen) atoms. The fraction of sp³-hybridized carbons (Fsp3) is 0.786. The van der Waals surface area contributed by atoms with Crippen molar-refractivity contribution in [2.75, 3.05) is 0 Å². The monoisotopic (exact) mass is 233 g/mol. The second-order valence-corrected chi connectivity index (χ2v) is 6.00. The first-order chi connectivity index (χ1) is 8.24. The molecule has 4 unspecified atom stereocenters. The molecule has 2 fully saturated rings. The van der Waals surface area contributed by atoms with Gasteiger partial charge in [-0.15, -0.1) is 0 Å². The highest BCUT2D eigenvalue weighted by Crippen LogP contribution is 2.39. The van der Waals surface area contributed by atoms with Crippen LogP contribution in [0.2, 0.25) is 0 Å². The average molecular weight is 233 g/mol. The first kappa shape index (κ1) is 11.3. The number of imidazole rings is 1. The topological polar surface area (TPSA) is 29.9 Å². The minimum atomic E-state index is 0.523. The van der Waals surface area contributed by atoms with Gasteiger partial charge in [-0.1, -0.05) is 6.92 Å². The second kappa shape index (κ2) is 4.45. The summed E-state index contributed by atoms with van der Waals surface area (Å²) in [5.74, 6) is 1.81. The second-order valence-electron chi connectivity index (χ2n) is 6.00. The Morgan fingerprint density at radius 3 is 2.94 bits per heavy atom. The summed E-state index contributed by atoms with van der Waals surface area (Å²) in [6, 6.07) is 1.17. The lowest BCUT2D eigenvalue weighted by atomic mass is 9.97. The molecule has 3 nitrogen and oxygen atoms in total. The van der Waals surface area contributed by atoms with Crippen molar-refractivity contribution in [1.82, 2.24) is 14.9 Å². The van der Waals surface area contributed by atoms with E-state index < -0.39 is 0 Å². The lowest BCUT2D eigenvalue weighted by Crippen LogP contribution is -2.35. The lowest BCUT2D eigenvalue weighted by Gasteiger charge is -2.29. The lowest BCUT2D eigenvalue weighted by molar-refractivity contribution is 0.327. The highest BCUT2D eigenvalue weighted by atomic mass is 15.1. The quantitative estimate of drug-likeness (QED) is 0.870. The van der Waals surface area contributed by atoms with Crippen molar-refractivity contribution < 1.29 is 0 Å². The van der Waals surface area contributed by atoms with E-state index in [2.05, 4.69) is 34.9 Å². The molecule has 2 heterocycles. The summed E-state index contributed by atoms with van der Waals surface area (Å²) in [4.78, 5) is 4.35. The molecule has 1 N–H and O–H groups in total. The van der Waals surface area contributed by atoms with E-state index in [-0.39, 0.29) is 0 Å². The van der Waals surface area contributed by atoms with Gasteiger partial charge in [-0.05, 0) is 44.4 Å². The Morgan fingerprint density at radius 1 is 1.41 bits per heavy atom. The molecular weight excluding hydrogens is 210 g/mol. The number of nitrogens with one attached hydrogen (secondary N) is 1. The normalized spacial score (nSPS) is 37.1. The van der Waals surface area contributed by atoms with Crippen molar-refractivity contribution in [3.8, 4) is 0 Å². The van der Waals surface area contributed by atoms with Gasteiger partial charge >= 0.3 is 0 Å². The van der Waals surface area contributed by atoms with Crippen molar-refractivity contribution in [2.45, 2.75) is 58.2 Å². The summed E-state index contributed by atoms with van der Waals surface area (Å²) in [5, 5.41) is 3.70. The Kier molecular flexibility index (Phi) is 2.95. The van der Waals surface area contributed by atoms with Crippen LogP contribution in [0.25, 0.3) is 0 Å². The van der Waals surface area contributed by atoms with Crippen LogP contribution in [0.3, 0.4) is 0 Å². The molecule has 0 amide bonds. The van der Waals surface area contributed by atoms with Gasteiger partial charge in [-0.3, -0.25) is 0 Å². The van der Waals surface area contributed by atoms with Gasteiger partial charge in [0, 0.05) is 24.8 Å². The molecule has 0 aromatic carbocycles. The van der Waals surface area contributed by atoms with Crippen molar-refractivity contribution >= 4 is 0 Å². The van der Waals surface area contributed by atoms with Gasteiger partial charge in [-0.2, -0.15) is 0 Å². The number of hydrogen-bond acceptors (Lipinski definition) is 2. The average Bonchev–Trinajstić information content (AvgIpc) is 2.82. The zero-order chi connectivity index (χ0) is 11.8. The molecule has 1 aliphatic heterocycles. The van der Waals surface area contributed by atoms with Crippen LogP contribution in [0.1, 0.15) is 51.3 Å². The minimum absolute atomic E-state index is 0.523. The Labute approximate surface area is 104 Å². The number of nitrogens with zero attached hydrogens (tertiary/aromatic N) is 2. The predicted molar refractivity (Wildman–Crippen MR) is 68.7 cm³/mol. The molecule has 1 saturated carbocycles. The van der Waals surface area contributed by atoms with Crippen LogP contribution in [-0.2, 0) is 6.54 Å². The van der Waals surface area contributed by atoms with E-state index in [0.29, 0.717) is 12.1 Å². The minimum Gasteiger partial charge on any atom is -0.333 e. The summed E-state index contributed by atoms with van der Waals surface area (Å²) < 4.78 is 2.38. The molecule has 1 aromatic rings. The van der Waals surface area contributed by atoms with Gasteiger partial charge in [0.1, 0.15) is 0 Å². The van der Waals surface area contributed by atoms with Crippen LogP contribution >= 0.6 is 0 Å². The van der Waals surface area contributed by atoms with Crippen LogP contribution in [0.15, 0.2) is 12.5 Å². The summed E-state index contributed by atoms with van der Waals surface area (Å²) in [5.41, 5.74) is 1.40. The third-order valence-corrected chi connectivity index (χ3v) is 4.42. The molecule has 4 atom stereocenters. The van der Waals surface area contributed by atoms with Gasteiger partial charge in [0.2, 0.25) is 0 Å². The smallest absolute Gasteiger partial charge is 0.0948 e. The molecule has 1 saturated heterocycles. The van der Waals surface area contributed by atoms with E-state index in [1.807, 2.05) is 6.33 Å². The van der Waals surface area contributed by atoms with Crippen molar-refractivity contribution in [2.24, 2.45) is 11.8 Å². The van der Waals surface area contributed by atoms with Crippen molar-refractivity contribution in [3.05, 3.63) is 18.2 Å². The highest BCUT2D eigenvalue weighted by Gasteiger charge is 2.33. The highest BCUT2D eigenvalue weighted by molar-refractivity contribution is 5.08. The fourth-order valence-electron chi connectivity index (χ4n) is 3.05. The van der Waals surface area contributed by atoms with E-state index in [9.17, 15) is 0 Å². The first-order valence-corrected chi connectivity index (χ1v) is 7.00. The van der Waals surface area contributed by atoms with Crippen LogP contribution in [0, 0.1) is 11.8 Å². The molecular formula is C14H23N3. The molecule has 3 heteroatoms. The van der Waals surface area contributed by atoms with E-state index in [1.54, 1.807) is 0 Å². The number of rotatable bonds is 3.